The van der Waals surface area contributed by atoms with Gasteiger partial charge in [0.2, 0.25) is 0 Å². The summed E-state index contributed by atoms with van der Waals surface area (Å²) in [6, 6.07) is 32.4. The summed E-state index contributed by atoms with van der Waals surface area (Å²) in [6.45, 7) is 3.80. The van der Waals surface area contributed by atoms with E-state index in [1.807, 2.05) is 23.1 Å². The first kappa shape index (κ1) is 21.9. The Morgan fingerprint density at radius 1 is 0.730 bits per heavy atom. The Hall–Kier alpha value is -4.34. The monoisotopic (exact) mass is 647 g/mol. The summed E-state index contributed by atoms with van der Waals surface area (Å²) in [5.74, 6) is 0. The maximum atomic E-state index is 4.67. The molecule has 0 amide bonds. The molecule has 0 atom stereocenters. The summed E-state index contributed by atoms with van der Waals surface area (Å²) in [7, 11) is 0. The molecular formula is C31H21N5W. The van der Waals surface area contributed by atoms with Crippen LogP contribution in [0.15, 0.2) is 121 Å². The van der Waals surface area contributed by atoms with E-state index in [0.717, 1.165) is 32.1 Å². The van der Waals surface area contributed by atoms with Gasteiger partial charge < -0.3 is 0 Å². The Labute approximate surface area is 224 Å². The molecule has 6 heteroatoms. The quantitative estimate of drug-likeness (QED) is 0.189. The molecule has 7 aromatic rings. The van der Waals surface area contributed by atoms with Crippen LogP contribution in [0.5, 0.6) is 0 Å². The first-order chi connectivity index (χ1) is 18.2. The van der Waals surface area contributed by atoms with Crippen molar-refractivity contribution in [2.45, 2.75) is 0 Å². The molecule has 0 unspecified atom stereocenters. The van der Waals surface area contributed by atoms with Gasteiger partial charge in [-0.25, -0.2) is 0 Å². The van der Waals surface area contributed by atoms with Gasteiger partial charge in [0.25, 0.3) is 0 Å². The van der Waals surface area contributed by atoms with Crippen molar-refractivity contribution in [2.24, 2.45) is 4.99 Å². The van der Waals surface area contributed by atoms with Gasteiger partial charge in [0.1, 0.15) is 0 Å². The zero-order chi connectivity index (χ0) is 24.9. The Kier molecular flexibility index (Phi) is 5.12. The van der Waals surface area contributed by atoms with E-state index in [0.29, 0.717) is 0 Å². The summed E-state index contributed by atoms with van der Waals surface area (Å²) in [4.78, 5) is 4.67. The number of hydrogen-bond donors (Lipinski definition) is 0. The summed E-state index contributed by atoms with van der Waals surface area (Å²) in [6.07, 6.45) is 7.26. The summed E-state index contributed by atoms with van der Waals surface area (Å²) in [5.41, 5.74) is 6.75. The average molecular weight is 647 g/mol. The molecular weight excluding hydrogens is 626 g/mol. The van der Waals surface area contributed by atoms with E-state index in [9.17, 15) is 0 Å². The van der Waals surface area contributed by atoms with Crippen LogP contribution in [-0.4, -0.2) is 29.3 Å². The van der Waals surface area contributed by atoms with Gasteiger partial charge in [0.15, 0.2) is 0 Å². The number of para-hydroxylation sites is 2. The zero-order valence-corrected chi connectivity index (χ0v) is 22.8. The van der Waals surface area contributed by atoms with Gasteiger partial charge >= 0.3 is 225 Å². The van der Waals surface area contributed by atoms with Crippen molar-refractivity contribution in [3.8, 4) is 11.4 Å². The Balaban J connectivity index is 1.55. The van der Waals surface area contributed by atoms with Crippen molar-refractivity contribution in [3.63, 3.8) is 0 Å². The van der Waals surface area contributed by atoms with Gasteiger partial charge in [-0.3, -0.25) is 0 Å². The van der Waals surface area contributed by atoms with Crippen LogP contribution < -0.4 is 0 Å². The van der Waals surface area contributed by atoms with Gasteiger partial charge in [-0.05, 0) is 0 Å². The molecule has 0 spiro atoms. The van der Waals surface area contributed by atoms with Crippen LogP contribution in [0.3, 0.4) is 0 Å². The van der Waals surface area contributed by atoms with Crippen molar-refractivity contribution in [3.05, 3.63) is 116 Å². The zero-order valence-electron chi connectivity index (χ0n) is 19.8. The summed E-state index contributed by atoms with van der Waals surface area (Å²) in [5, 5.41) is 9.34. The second kappa shape index (κ2) is 8.65. The molecule has 37 heavy (non-hydrogen) atoms. The third-order valence-electron chi connectivity index (χ3n) is 6.82. The molecule has 0 saturated carbocycles. The van der Waals surface area contributed by atoms with Crippen LogP contribution in [-0.2, 0) is 19.4 Å². The molecule has 0 aliphatic rings. The maximum absolute atomic E-state index is 4.67. The van der Waals surface area contributed by atoms with Crippen molar-refractivity contribution in [2.75, 3.05) is 0 Å². The number of fused-ring (bicyclic) bond motifs is 6. The average Bonchev–Trinajstić information content (AvgIpc) is 3.66. The van der Waals surface area contributed by atoms with Gasteiger partial charge in [-0.15, -0.1) is 0 Å². The molecule has 7 rings (SSSR count). The molecule has 176 valence electrons. The first-order valence-electron chi connectivity index (χ1n) is 12.0. The fraction of sp³-hybridized carbons (Fsp3) is 0. The second-order valence-corrected chi connectivity index (χ2v) is 10.2. The molecule has 0 aliphatic carbocycles. The normalized spacial score (nSPS) is 11.9. The molecule has 0 aliphatic heterocycles. The van der Waals surface area contributed by atoms with Crippen LogP contribution in [0.1, 0.15) is 0 Å². The minimum absolute atomic E-state index is 0.978. The van der Waals surface area contributed by atoms with Gasteiger partial charge in [0.05, 0.1) is 0 Å². The van der Waals surface area contributed by atoms with Crippen molar-refractivity contribution >= 4 is 54.0 Å². The topological polar surface area (TPSA) is 40.0 Å². The fourth-order valence-corrected chi connectivity index (χ4v) is 6.20. The third kappa shape index (κ3) is 3.39. The number of benzene rings is 4. The predicted octanol–water partition coefficient (Wildman–Crippen LogP) is 6.82. The molecule has 0 N–H and O–H groups in total. The van der Waals surface area contributed by atoms with E-state index in [1.165, 1.54) is 46.4 Å². The van der Waals surface area contributed by atoms with Crippen molar-refractivity contribution < 1.29 is 19.4 Å². The van der Waals surface area contributed by atoms with Crippen LogP contribution in [0.2, 0.25) is 0 Å². The molecule has 3 aromatic heterocycles. The molecule has 0 fully saturated rings. The Morgan fingerprint density at radius 3 is 2.14 bits per heavy atom. The van der Waals surface area contributed by atoms with E-state index < -0.39 is 0 Å². The second-order valence-electron chi connectivity index (χ2n) is 8.86. The van der Waals surface area contributed by atoms with E-state index >= 15 is 0 Å². The molecule has 0 radical (unpaired) electrons. The third-order valence-corrected chi connectivity index (χ3v) is 7.86. The van der Waals surface area contributed by atoms with Crippen LogP contribution in [0.25, 0.3) is 55.0 Å². The fourth-order valence-electron chi connectivity index (χ4n) is 5.28. The van der Waals surface area contributed by atoms with E-state index in [2.05, 4.69) is 111 Å². The number of aliphatic imine (C=N–C) groups is 1. The Bertz CT molecular complexity index is 2020. The predicted molar refractivity (Wildman–Crippen MR) is 150 cm³/mol. The number of rotatable bonds is 5. The SMILES string of the molecule is C=C/C=N\[C](=[W])n1c2ccccc2c2ccc(-n3c4ccccc4c4ccc(-n5cccn5)cc43)cc21. The van der Waals surface area contributed by atoms with Crippen LogP contribution in [0.4, 0.5) is 0 Å². The Morgan fingerprint density at radius 2 is 1.38 bits per heavy atom. The van der Waals surface area contributed by atoms with Crippen molar-refractivity contribution in [1.82, 2.24) is 18.9 Å². The van der Waals surface area contributed by atoms with Gasteiger partial charge in [-0.2, -0.15) is 0 Å². The number of aromatic nitrogens is 4. The molecule has 0 saturated heterocycles. The summed E-state index contributed by atoms with van der Waals surface area (Å²) < 4.78 is 7.51. The molecule has 5 nitrogen and oxygen atoms in total. The minimum atomic E-state index is 0.978. The van der Waals surface area contributed by atoms with E-state index in [1.54, 1.807) is 12.3 Å². The summed E-state index contributed by atoms with van der Waals surface area (Å²) >= 11 is 1.29. The molecule has 3 heterocycles. The number of hydrogen-bond acceptors (Lipinski definition) is 2. The van der Waals surface area contributed by atoms with Gasteiger partial charge in [0, 0.05) is 0 Å². The van der Waals surface area contributed by atoms with Gasteiger partial charge in [-0.1, -0.05) is 0 Å². The van der Waals surface area contributed by atoms with Crippen LogP contribution in [0, 0.1) is 0 Å². The molecule has 0 bridgehead atoms. The van der Waals surface area contributed by atoms with E-state index in [4.69, 9.17) is 0 Å². The van der Waals surface area contributed by atoms with E-state index in [-0.39, 0.29) is 0 Å². The van der Waals surface area contributed by atoms with Crippen LogP contribution >= 0.6 is 0 Å². The standard InChI is InChI=1S/C31H21N5.W/c1-2-16-32-21-34-28-10-5-3-8-24(28)26-15-13-23(20-30(26)34)36-29-11-6-4-9-25(29)27-14-12-22(19-31(27)36)35-18-7-17-33-35;/h2-20H,1H2;/b32-16-;. The van der Waals surface area contributed by atoms with Crippen molar-refractivity contribution in [1.29, 1.82) is 0 Å². The first-order valence-corrected chi connectivity index (χ1v) is 13.5. The number of nitrogens with zero attached hydrogens (tertiary/aromatic N) is 5. The molecule has 4 aromatic carbocycles. The number of allylic oxidation sites excluding steroid dienone is 1.